The molecule has 2 atom stereocenters. The summed E-state index contributed by atoms with van der Waals surface area (Å²) in [5.74, 6) is -0.0810. The fraction of sp³-hybridized carbons (Fsp3) is 0.873. The lowest BCUT2D eigenvalue weighted by molar-refractivity contribution is -0.143. The SMILES string of the molecule is CCCCCCCCC/C=C\CCCCCCCC(=O)OCC/C=C\C/C=C\CCCCCCCCCCCCCCCCC(=O)NC(CO)C(O)CCCCCCCCCCCCCCCCC. The smallest absolute Gasteiger partial charge is 0.305 e. The maximum atomic E-state index is 12.5. The van der Waals surface area contributed by atoms with Crippen LogP contribution in [-0.4, -0.2) is 47.4 Å². The van der Waals surface area contributed by atoms with Gasteiger partial charge in [-0.15, -0.1) is 0 Å². The standard InChI is InChI=1S/C63H119NO5/c1-3-5-7-9-11-13-15-17-19-29-33-37-41-45-49-53-57-63(68)69-58-54-50-46-42-38-34-30-26-24-22-20-21-23-25-28-32-36-40-44-48-52-56-62(67)64-60(59-65)61(66)55-51-47-43-39-35-31-27-18-16-14-12-10-8-6-4-2/h19,29,34,38,46,50,60-61,65-66H,3-18,20-28,30-33,35-37,39-45,47-49,51-59H2,1-2H3,(H,64,67)/b29-19-,38-34-,50-46-. The molecule has 406 valence electrons. The number of carbonyl (C=O) groups is 2. The van der Waals surface area contributed by atoms with Crippen LogP contribution in [0, 0.1) is 0 Å². The minimum atomic E-state index is -0.668. The summed E-state index contributed by atoms with van der Waals surface area (Å²) in [6, 6.07) is -0.546. The predicted octanol–water partition coefficient (Wildman–Crippen LogP) is 19.2. The van der Waals surface area contributed by atoms with Crippen molar-refractivity contribution in [2.75, 3.05) is 13.2 Å². The fourth-order valence-electron chi connectivity index (χ4n) is 9.47. The summed E-state index contributed by atoms with van der Waals surface area (Å²) in [6.45, 7) is 4.85. The number of carbonyl (C=O) groups excluding carboxylic acids is 2. The molecule has 0 aliphatic rings. The van der Waals surface area contributed by atoms with Crippen molar-refractivity contribution in [1.82, 2.24) is 5.32 Å². The molecule has 0 fully saturated rings. The number of aliphatic hydroxyl groups excluding tert-OH is 2. The zero-order valence-corrected chi connectivity index (χ0v) is 46.3. The Balaban J connectivity index is 3.45. The van der Waals surface area contributed by atoms with E-state index < -0.39 is 12.1 Å². The zero-order chi connectivity index (χ0) is 50.0. The molecule has 2 unspecified atom stereocenters. The molecule has 0 rings (SSSR count). The molecule has 0 aromatic heterocycles. The Bertz CT molecular complexity index is 1120. The van der Waals surface area contributed by atoms with Crippen molar-refractivity contribution >= 4 is 11.9 Å². The molecule has 3 N–H and O–H groups in total. The second-order valence-electron chi connectivity index (χ2n) is 21.0. The molecule has 0 saturated carbocycles. The normalized spacial score (nSPS) is 12.8. The number of aliphatic hydroxyl groups is 2. The summed E-state index contributed by atoms with van der Waals surface area (Å²) in [6.07, 6.45) is 73.1. The maximum Gasteiger partial charge on any atom is 0.305 e. The summed E-state index contributed by atoms with van der Waals surface area (Å²) in [4.78, 5) is 24.5. The summed E-state index contributed by atoms with van der Waals surface area (Å²) in [7, 11) is 0. The molecule has 6 nitrogen and oxygen atoms in total. The van der Waals surface area contributed by atoms with Gasteiger partial charge in [-0.2, -0.15) is 0 Å². The molecule has 0 radical (unpaired) electrons. The van der Waals surface area contributed by atoms with E-state index in [0.29, 0.717) is 25.9 Å². The van der Waals surface area contributed by atoms with Crippen LogP contribution in [0.25, 0.3) is 0 Å². The van der Waals surface area contributed by atoms with Crippen LogP contribution < -0.4 is 5.32 Å². The number of nitrogens with one attached hydrogen (secondary N) is 1. The lowest BCUT2D eigenvalue weighted by atomic mass is 10.0. The molecule has 0 aromatic carbocycles. The van der Waals surface area contributed by atoms with Crippen molar-refractivity contribution in [3.05, 3.63) is 36.5 Å². The first kappa shape index (κ1) is 67.1. The van der Waals surface area contributed by atoms with E-state index >= 15 is 0 Å². The Kier molecular flexibility index (Phi) is 57.0. The molecule has 0 bridgehead atoms. The van der Waals surface area contributed by atoms with Crippen molar-refractivity contribution in [3.8, 4) is 0 Å². The Morgan fingerprint density at radius 2 is 0.725 bits per heavy atom. The monoisotopic (exact) mass is 970 g/mol. The summed E-state index contributed by atoms with van der Waals surface area (Å²) in [5, 5.41) is 23.3. The largest absolute Gasteiger partial charge is 0.465 e. The topological polar surface area (TPSA) is 95.9 Å². The Morgan fingerprint density at radius 3 is 1.12 bits per heavy atom. The third-order valence-electron chi connectivity index (χ3n) is 14.2. The summed E-state index contributed by atoms with van der Waals surface area (Å²) < 4.78 is 5.42. The van der Waals surface area contributed by atoms with Gasteiger partial charge in [-0.3, -0.25) is 9.59 Å². The second kappa shape index (κ2) is 58.6. The molecule has 0 heterocycles. The Hall–Kier alpha value is -1.92. The highest BCUT2D eigenvalue weighted by molar-refractivity contribution is 5.76. The summed E-state index contributed by atoms with van der Waals surface area (Å²) in [5.41, 5.74) is 0. The first-order valence-corrected chi connectivity index (χ1v) is 30.7. The van der Waals surface area contributed by atoms with Gasteiger partial charge in [0.25, 0.3) is 0 Å². The zero-order valence-electron chi connectivity index (χ0n) is 46.3. The molecule has 6 heteroatoms. The van der Waals surface area contributed by atoms with E-state index in [1.807, 2.05) is 0 Å². The van der Waals surface area contributed by atoms with Gasteiger partial charge in [-0.05, 0) is 70.6 Å². The van der Waals surface area contributed by atoms with E-state index in [4.69, 9.17) is 4.74 Å². The van der Waals surface area contributed by atoms with Gasteiger partial charge in [0, 0.05) is 12.8 Å². The van der Waals surface area contributed by atoms with Gasteiger partial charge in [0.15, 0.2) is 0 Å². The first-order chi connectivity index (χ1) is 34.0. The Labute approximate surface area is 430 Å². The average Bonchev–Trinajstić information content (AvgIpc) is 3.35. The van der Waals surface area contributed by atoms with Crippen molar-refractivity contribution < 1.29 is 24.5 Å². The van der Waals surface area contributed by atoms with Gasteiger partial charge in [0.1, 0.15) is 0 Å². The van der Waals surface area contributed by atoms with E-state index in [1.165, 1.54) is 244 Å². The Morgan fingerprint density at radius 1 is 0.406 bits per heavy atom. The van der Waals surface area contributed by atoms with Gasteiger partial charge in [-0.1, -0.05) is 281 Å². The highest BCUT2D eigenvalue weighted by Gasteiger charge is 2.20. The van der Waals surface area contributed by atoms with Crippen LogP contribution in [0.5, 0.6) is 0 Å². The number of unbranched alkanes of at least 4 members (excludes halogenated alkanes) is 40. The van der Waals surface area contributed by atoms with E-state index in [-0.39, 0.29) is 18.5 Å². The van der Waals surface area contributed by atoms with E-state index in [1.54, 1.807) is 0 Å². The van der Waals surface area contributed by atoms with Gasteiger partial charge >= 0.3 is 5.97 Å². The molecule has 0 spiro atoms. The van der Waals surface area contributed by atoms with E-state index in [9.17, 15) is 19.8 Å². The minimum absolute atomic E-state index is 0.0386. The van der Waals surface area contributed by atoms with Gasteiger partial charge < -0.3 is 20.3 Å². The highest BCUT2D eigenvalue weighted by atomic mass is 16.5. The maximum absolute atomic E-state index is 12.5. The third-order valence-corrected chi connectivity index (χ3v) is 14.2. The van der Waals surface area contributed by atoms with Crippen LogP contribution in [0.15, 0.2) is 36.5 Å². The number of allylic oxidation sites excluding steroid dienone is 5. The number of esters is 1. The van der Waals surface area contributed by atoms with Crippen LogP contribution in [-0.2, 0) is 14.3 Å². The van der Waals surface area contributed by atoms with Crippen LogP contribution >= 0.6 is 0 Å². The lowest BCUT2D eigenvalue weighted by Crippen LogP contribution is -2.45. The van der Waals surface area contributed by atoms with Crippen LogP contribution in [0.4, 0.5) is 0 Å². The van der Waals surface area contributed by atoms with Crippen LogP contribution in [0.2, 0.25) is 0 Å². The predicted molar refractivity (Wildman–Crippen MR) is 301 cm³/mol. The number of rotatable bonds is 57. The molecular formula is C63H119NO5. The van der Waals surface area contributed by atoms with Gasteiger partial charge in [0.2, 0.25) is 5.91 Å². The summed E-state index contributed by atoms with van der Waals surface area (Å²) >= 11 is 0. The fourth-order valence-corrected chi connectivity index (χ4v) is 9.47. The molecule has 69 heavy (non-hydrogen) atoms. The lowest BCUT2D eigenvalue weighted by Gasteiger charge is -2.22. The van der Waals surface area contributed by atoms with Crippen LogP contribution in [0.1, 0.15) is 328 Å². The third kappa shape index (κ3) is 55.2. The van der Waals surface area contributed by atoms with Gasteiger partial charge in [0.05, 0.1) is 25.4 Å². The van der Waals surface area contributed by atoms with Crippen molar-refractivity contribution in [1.29, 1.82) is 0 Å². The number of ether oxygens (including phenoxy) is 1. The average molecular weight is 971 g/mol. The first-order valence-electron chi connectivity index (χ1n) is 30.7. The number of hydrogen-bond acceptors (Lipinski definition) is 5. The molecule has 1 amide bonds. The van der Waals surface area contributed by atoms with E-state index in [0.717, 1.165) is 51.4 Å². The number of amides is 1. The van der Waals surface area contributed by atoms with E-state index in [2.05, 4.69) is 55.6 Å². The number of hydrogen-bond donors (Lipinski definition) is 3. The highest BCUT2D eigenvalue weighted by Crippen LogP contribution is 2.17. The molecule has 0 aliphatic carbocycles. The quantitative estimate of drug-likeness (QED) is 0.0321. The minimum Gasteiger partial charge on any atom is -0.465 e. The van der Waals surface area contributed by atoms with Crippen molar-refractivity contribution in [2.45, 2.75) is 341 Å². The van der Waals surface area contributed by atoms with Crippen molar-refractivity contribution in [2.24, 2.45) is 0 Å². The van der Waals surface area contributed by atoms with Crippen LogP contribution in [0.3, 0.4) is 0 Å². The molecule has 0 saturated heterocycles. The van der Waals surface area contributed by atoms with Crippen molar-refractivity contribution in [3.63, 3.8) is 0 Å². The molecular weight excluding hydrogens is 851 g/mol. The molecule has 0 aromatic rings. The van der Waals surface area contributed by atoms with Gasteiger partial charge in [-0.25, -0.2) is 0 Å². The second-order valence-corrected chi connectivity index (χ2v) is 21.0. The molecule has 0 aliphatic heterocycles.